The summed E-state index contributed by atoms with van der Waals surface area (Å²) in [6.07, 6.45) is 17.4. The SMILES string of the molecule is CCCCCCOC(=O)CCCCCCCCC(=O)OC(CC)CCCCC. The van der Waals surface area contributed by atoms with Gasteiger partial charge in [-0.2, -0.15) is 0 Å². The standard InChI is InChI=1S/C24H46O4/c1-4-7-9-17-21-27-23(25)19-15-12-10-11-13-16-20-24(26)28-22(6-3)18-14-8-5-2/h22H,4-21H2,1-3H3. The molecule has 0 aliphatic rings. The van der Waals surface area contributed by atoms with Gasteiger partial charge in [-0.15, -0.1) is 0 Å². The van der Waals surface area contributed by atoms with Crippen molar-refractivity contribution in [1.82, 2.24) is 0 Å². The molecule has 1 atom stereocenters. The molecule has 4 nitrogen and oxygen atoms in total. The number of unbranched alkanes of at least 4 members (excludes halogenated alkanes) is 10. The molecular weight excluding hydrogens is 352 g/mol. The first-order chi connectivity index (χ1) is 13.6. The van der Waals surface area contributed by atoms with Gasteiger partial charge in [-0.1, -0.05) is 78.6 Å². The molecule has 0 fully saturated rings. The molecule has 166 valence electrons. The van der Waals surface area contributed by atoms with E-state index in [4.69, 9.17) is 9.47 Å². The first-order valence-electron chi connectivity index (χ1n) is 12.0. The molecule has 1 unspecified atom stereocenters. The number of carbonyl (C=O) groups excluding carboxylic acids is 2. The van der Waals surface area contributed by atoms with Crippen molar-refractivity contribution in [3.05, 3.63) is 0 Å². The highest BCUT2D eigenvalue weighted by Gasteiger charge is 2.11. The summed E-state index contributed by atoms with van der Waals surface area (Å²) in [6.45, 7) is 7.03. The van der Waals surface area contributed by atoms with Gasteiger partial charge in [-0.05, 0) is 38.5 Å². The normalized spacial score (nSPS) is 12.0. The summed E-state index contributed by atoms with van der Waals surface area (Å²) in [5, 5.41) is 0. The molecular formula is C24H46O4. The van der Waals surface area contributed by atoms with E-state index in [0.717, 1.165) is 70.6 Å². The van der Waals surface area contributed by atoms with Crippen LogP contribution in [-0.2, 0) is 19.1 Å². The van der Waals surface area contributed by atoms with Crippen LogP contribution in [0.15, 0.2) is 0 Å². The number of carbonyl (C=O) groups is 2. The van der Waals surface area contributed by atoms with Crippen molar-refractivity contribution in [1.29, 1.82) is 0 Å². The van der Waals surface area contributed by atoms with Gasteiger partial charge < -0.3 is 9.47 Å². The van der Waals surface area contributed by atoms with E-state index < -0.39 is 0 Å². The number of hydrogen-bond donors (Lipinski definition) is 0. The van der Waals surface area contributed by atoms with Crippen molar-refractivity contribution in [3.8, 4) is 0 Å². The average molecular weight is 399 g/mol. The van der Waals surface area contributed by atoms with Gasteiger partial charge in [0, 0.05) is 12.8 Å². The fraction of sp³-hybridized carbons (Fsp3) is 0.917. The van der Waals surface area contributed by atoms with E-state index in [2.05, 4.69) is 20.8 Å². The van der Waals surface area contributed by atoms with Crippen LogP contribution in [0.2, 0.25) is 0 Å². The molecule has 0 aromatic rings. The zero-order valence-electron chi connectivity index (χ0n) is 18.9. The Balaban J connectivity index is 3.46. The molecule has 0 aromatic heterocycles. The van der Waals surface area contributed by atoms with E-state index in [-0.39, 0.29) is 18.0 Å². The minimum absolute atomic E-state index is 0.0370. The van der Waals surface area contributed by atoms with Gasteiger partial charge in [0.2, 0.25) is 0 Å². The fourth-order valence-corrected chi connectivity index (χ4v) is 3.25. The summed E-state index contributed by atoms with van der Waals surface area (Å²) in [5.74, 6) is -0.0892. The van der Waals surface area contributed by atoms with Crippen molar-refractivity contribution in [2.24, 2.45) is 0 Å². The maximum absolute atomic E-state index is 11.9. The van der Waals surface area contributed by atoms with Gasteiger partial charge in [0.05, 0.1) is 6.61 Å². The number of ether oxygens (including phenoxy) is 2. The van der Waals surface area contributed by atoms with Gasteiger partial charge in [-0.25, -0.2) is 0 Å². The highest BCUT2D eigenvalue weighted by Crippen LogP contribution is 2.13. The third-order valence-electron chi connectivity index (χ3n) is 5.16. The van der Waals surface area contributed by atoms with Gasteiger partial charge in [0.15, 0.2) is 0 Å². The summed E-state index contributed by atoms with van der Waals surface area (Å²) in [4.78, 5) is 23.5. The van der Waals surface area contributed by atoms with Crippen molar-refractivity contribution in [2.45, 2.75) is 136 Å². The third kappa shape index (κ3) is 18.3. The highest BCUT2D eigenvalue weighted by molar-refractivity contribution is 5.69. The zero-order chi connectivity index (χ0) is 20.9. The molecule has 0 aliphatic heterocycles. The van der Waals surface area contributed by atoms with Gasteiger partial charge in [0.25, 0.3) is 0 Å². The Labute approximate surface area is 174 Å². The Morgan fingerprint density at radius 2 is 1.18 bits per heavy atom. The molecule has 0 aliphatic carbocycles. The van der Waals surface area contributed by atoms with Gasteiger partial charge in [-0.3, -0.25) is 9.59 Å². The quantitative estimate of drug-likeness (QED) is 0.162. The van der Waals surface area contributed by atoms with Crippen molar-refractivity contribution in [3.63, 3.8) is 0 Å². The number of hydrogen-bond acceptors (Lipinski definition) is 4. The van der Waals surface area contributed by atoms with Crippen LogP contribution in [0.3, 0.4) is 0 Å². The van der Waals surface area contributed by atoms with Crippen LogP contribution in [0.25, 0.3) is 0 Å². The third-order valence-corrected chi connectivity index (χ3v) is 5.16. The van der Waals surface area contributed by atoms with Crippen LogP contribution in [0, 0.1) is 0 Å². The fourth-order valence-electron chi connectivity index (χ4n) is 3.25. The molecule has 0 rings (SSSR count). The topological polar surface area (TPSA) is 52.6 Å². The minimum Gasteiger partial charge on any atom is -0.466 e. The molecule has 28 heavy (non-hydrogen) atoms. The predicted molar refractivity (Wildman–Crippen MR) is 116 cm³/mol. The second-order valence-electron chi connectivity index (χ2n) is 7.92. The smallest absolute Gasteiger partial charge is 0.306 e. The monoisotopic (exact) mass is 398 g/mol. The maximum atomic E-state index is 11.9. The van der Waals surface area contributed by atoms with E-state index >= 15 is 0 Å². The molecule has 0 spiro atoms. The zero-order valence-corrected chi connectivity index (χ0v) is 18.9. The lowest BCUT2D eigenvalue weighted by atomic mass is 10.1. The van der Waals surface area contributed by atoms with E-state index in [1.54, 1.807) is 0 Å². The summed E-state index contributed by atoms with van der Waals surface area (Å²) < 4.78 is 10.8. The Kier molecular flexibility index (Phi) is 19.9. The average Bonchev–Trinajstić information content (AvgIpc) is 2.69. The number of esters is 2. The summed E-state index contributed by atoms with van der Waals surface area (Å²) in [6, 6.07) is 0. The van der Waals surface area contributed by atoms with Gasteiger partial charge in [0.1, 0.15) is 6.10 Å². The van der Waals surface area contributed by atoms with Gasteiger partial charge >= 0.3 is 11.9 Å². The Morgan fingerprint density at radius 1 is 0.643 bits per heavy atom. The van der Waals surface area contributed by atoms with Crippen molar-refractivity contribution >= 4 is 11.9 Å². The maximum Gasteiger partial charge on any atom is 0.306 e. The van der Waals surface area contributed by atoms with Crippen molar-refractivity contribution < 1.29 is 19.1 Å². The largest absolute Gasteiger partial charge is 0.466 e. The lowest BCUT2D eigenvalue weighted by Crippen LogP contribution is -2.17. The second-order valence-corrected chi connectivity index (χ2v) is 7.92. The Hall–Kier alpha value is -1.06. The predicted octanol–water partition coefficient (Wildman–Crippen LogP) is 7.13. The van der Waals surface area contributed by atoms with Crippen LogP contribution in [0.1, 0.15) is 130 Å². The first kappa shape index (κ1) is 26.9. The molecule has 0 aromatic carbocycles. The van der Waals surface area contributed by atoms with Crippen LogP contribution in [0.5, 0.6) is 0 Å². The lowest BCUT2D eigenvalue weighted by Gasteiger charge is -2.16. The van der Waals surface area contributed by atoms with Crippen LogP contribution < -0.4 is 0 Å². The summed E-state index contributed by atoms with van der Waals surface area (Å²) >= 11 is 0. The number of rotatable bonds is 20. The van der Waals surface area contributed by atoms with Crippen molar-refractivity contribution in [2.75, 3.05) is 6.61 Å². The summed E-state index contributed by atoms with van der Waals surface area (Å²) in [7, 11) is 0. The molecule has 0 amide bonds. The molecule has 0 bridgehead atoms. The van der Waals surface area contributed by atoms with Crippen LogP contribution >= 0.6 is 0 Å². The lowest BCUT2D eigenvalue weighted by molar-refractivity contribution is -0.149. The first-order valence-corrected chi connectivity index (χ1v) is 12.0. The van der Waals surface area contributed by atoms with Crippen LogP contribution in [0.4, 0.5) is 0 Å². The van der Waals surface area contributed by atoms with Crippen LogP contribution in [-0.4, -0.2) is 24.6 Å². The highest BCUT2D eigenvalue weighted by atomic mass is 16.5. The molecule has 0 N–H and O–H groups in total. The molecule has 0 saturated heterocycles. The Morgan fingerprint density at radius 3 is 1.79 bits per heavy atom. The molecule has 0 radical (unpaired) electrons. The second kappa shape index (κ2) is 20.7. The molecule has 4 heteroatoms. The van der Waals surface area contributed by atoms with E-state index in [1.807, 2.05) is 0 Å². The molecule has 0 heterocycles. The minimum atomic E-state index is -0.0522. The van der Waals surface area contributed by atoms with E-state index in [9.17, 15) is 9.59 Å². The Bertz CT molecular complexity index is 368. The summed E-state index contributed by atoms with van der Waals surface area (Å²) in [5.41, 5.74) is 0. The van der Waals surface area contributed by atoms with E-state index in [0.29, 0.717) is 19.4 Å². The molecule has 0 saturated carbocycles. The van der Waals surface area contributed by atoms with E-state index in [1.165, 1.54) is 25.7 Å².